The minimum atomic E-state index is -2.78. The van der Waals surface area contributed by atoms with Gasteiger partial charge in [0.15, 0.2) is 0 Å². The third kappa shape index (κ3) is 7.45. The van der Waals surface area contributed by atoms with Gasteiger partial charge >= 0.3 is 0 Å². The molecule has 51 heavy (non-hydrogen) atoms. The Hall–Kier alpha value is -4.13. The van der Waals surface area contributed by atoms with Gasteiger partial charge in [-0.05, 0) is 91.6 Å². The smallest absolute Gasteiger partial charge is 0.229 e. The minimum absolute atomic E-state index is 0.277. The molecule has 0 radical (unpaired) electrons. The number of hydrogen-bond donors (Lipinski definition) is 2. The molecule has 0 unspecified atom stereocenters. The monoisotopic (exact) mass is 776 g/mol. The molecule has 7 rings (SSSR count). The fourth-order valence-electron chi connectivity index (χ4n) is 7.41. The molecule has 0 bridgehead atoms. The van der Waals surface area contributed by atoms with E-state index in [0.717, 1.165) is 68.7 Å². The van der Waals surface area contributed by atoms with E-state index in [9.17, 15) is 8.96 Å². The number of nitrogens with one attached hydrogen (secondary N) is 2. The quantitative estimate of drug-likeness (QED) is 0.143. The summed E-state index contributed by atoms with van der Waals surface area (Å²) in [4.78, 5) is 23.0. The zero-order valence-corrected chi connectivity index (χ0v) is 31.8. The van der Waals surface area contributed by atoms with Crippen molar-refractivity contribution in [2.45, 2.75) is 25.7 Å². The average Bonchev–Trinajstić information content (AvgIpc) is 3.56. The summed E-state index contributed by atoms with van der Waals surface area (Å²) in [6.07, 6.45) is 13.3. The summed E-state index contributed by atoms with van der Waals surface area (Å²) in [5.41, 5.74) is 6.03. The van der Waals surface area contributed by atoms with Crippen molar-refractivity contribution in [2.75, 3.05) is 75.4 Å². The molecule has 12 nitrogen and oxygen atoms in total. The zero-order valence-electron chi connectivity index (χ0n) is 29.4. The number of aryl methyl sites for hydroxylation is 1. The molecule has 0 amide bonds. The first-order chi connectivity index (χ1) is 24.6. The predicted octanol–water partition coefficient (Wildman–Crippen LogP) is 6.98. The van der Waals surface area contributed by atoms with Crippen LogP contribution in [-0.2, 0) is 11.6 Å². The summed E-state index contributed by atoms with van der Waals surface area (Å²) in [5.74, 6) is 1.50. The highest BCUT2D eigenvalue weighted by Crippen LogP contribution is 2.46. The van der Waals surface area contributed by atoms with Crippen LogP contribution in [0.4, 0.5) is 33.2 Å². The standard InChI is InChI=1S/C36H43BrFN10O2P/c1-46-23-24(21-42-46)25-19-29(31(50-2)20-30(25)48-16-9-36(10-17-48)7-14-47(15-8-36)18-11-38)44-35-41-22-26(37)34(45-35)43-28-6-5-27-32(40-13-12-39-27)33(28)51(3,4)49/h5-6,12-13,19-23H,7-11,14-18H2,1-4H3,(H2,41,43,44,45). The highest BCUT2D eigenvalue weighted by molar-refractivity contribution is 9.10. The number of fused-ring (bicyclic) bond motifs is 1. The van der Waals surface area contributed by atoms with Crippen LogP contribution in [0, 0.1) is 5.41 Å². The summed E-state index contributed by atoms with van der Waals surface area (Å²) in [7, 11) is 0.804. The maximum absolute atomic E-state index is 13.5. The number of aromatic nitrogens is 6. The second-order valence-corrected chi connectivity index (χ2v) is 17.9. The van der Waals surface area contributed by atoms with Crippen molar-refractivity contribution >= 4 is 68.2 Å². The molecule has 0 aliphatic carbocycles. The molecule has 15 heteroatoms. The lowest BCUT2D eigenvalue weighted by atomic mass is 9.71. The van der Waals surface area contributed by atoms with Crippen molar-refractivity contribution in [3.8, 4) is 16.9 Å². The largest absolute Gasteiger partial charge is 0.494 e. The van der Waals surface area contributed by atoms with E-state index < -0.39 is 7.14 Å². The number of piperidine rings is 2. The molecule has 3 aromatic heterocycles. The Labute approximate surface area is 305 Å². The van der Waals surface area contributed by atoms with E-state index in [0.29, 0.717) is 61.7 Å². The maximum Gasteiger partial charge on any atom is 0.229 e. The number of anilines is 5. The van der Waals surface area contributed by atoms with Gasteiger partial charge in [0.25, 0.3) is 0 Å². The van der Waals surface area contributed by atoms with Crippen LogP contribution in [0.3, 0.4) is 0 Å². The van der Waals surface area contributed by atoms with Gasteiger partial charge in [-0.25, -0.2) is 9.37 Å². The van der Waals surface area contributed by atoms with E-state index in [4.69, 9.17) is 9.72 Å². The van der Waals surface area contributed by atoms with Crippen LogP contribution in [0.2, 0.25) is 0 Å². The number of hydrogen-bond acceptors (Lipinski definition) is 11. The third-order valence-corrected chi connectivity index (χ3v) is 12.3. The van der Waals surface area contributed by atoms with Crippen molar-refractivity contribution in [3.63, 3.8) is 0 Å². The topological polar surface area (TPSA) is 126 Å². The summed E-state index contributed by atoms with van der Waals surface area (Å²) in [5, 5.41) is 11.9. The van der Waals surface area contributed by atoms with Crippen molar-refractivity contribution in [2.24, 2.45) is 12.5 Å². The Morgan fingerprint density at radius 3 is 2.41 bits per heavy atom. The van der Waals surface area contributed by atoms with Gasteiger partial charge in [-0.1, -0.05) is 0 Å². The van der Waals surface area contributed by atoms with Crippen LogP contribution >= 0.6 is 23.1 Å². The number of alkyl halides is 1. The Kier molecular flexibility index (Phi) is 10.0. The van der Waals surface area contributed by atoms with Crippen LogP contribution < -0.4 is 25.6 Å². The number of halogens is 2. The van der Waals surface area contributed by atoms with E-state index >= 15 is 0 Å². The van der Waals surface area contributed by atoms with Gasteiger partial charge in [0, 0.05) is 74.3 Å². The Balaban J connectivity index is 1.18. The zero-order chi connectivity index (χ0) is 35.8. The molecule has 5 aromatic rings. The van der Waals surface area contributed by atoms with E-state index in [2.05, 4.69) is 68.5 Å². The van der Waals surface area contributed by atoms with Gasteiger partial charge in [-0.15, -0.1) is 0 Å². The Morgan fingerprint density at radius 2 is 1.73 bits per heavy atom. The van der Waals surface area contributed by atoms with Gasteiger partial charge in [0.2, 0.25) is 5.95 Å². The van der Waals surface area contributed by atoms with E-state index in [1.807, 2.05) is 31.6 Å². The predicted molar refractivity (Wildman–Crippen MR) is 206 cm³/mol. The molecular formula is C36H43BrFN10O2P. The molecule has 2 aliphatic rings. The van der Waals surface area contributed by atoms with Crippen molar-refractivity contribution in [1.82, 2.24) is 34.6 Å². The Bertz CT molecular complexity index is 2090. The van der Waals surface area contributed by atoms with E-state index in [1.54, 1.807) is 43.7 Å². The number of rotatable bonds is 10. The lowest BCUT2D eigenvalue weighted by Crippen LogP contribution is -2.47. The molecule has 0 atom stereocenters. The van der Waals surface area contributed by atoms with Crippen LogP contribution in [-0.4, -0.2) is 94.5 Å². The molecule has 2 fully saturated rings. The van der Waals surface area contributed by atoms with Crippen LogP contribution in [0.1, 0.15) is 25.7 Å². The normalized spacial score (nSPS) is 16.5. The van der Waals surface area contributed by atoms with Gasteiger partial charge in [0.1, 0.15) is 30.9 Å². The number of nitrogens with zero attached hydrogens (tertiary/aromatic N) is 8. The second-order valence-electron chi connectivity index (χ2n) is 13.9. The molecule has 2 saturated heterocycles. The average molecular weight is 778 g/mol. The molecule has 2 aromatic carbocycles. The minimum Gasteiger partial charge on any atom is -0.494 e. The van der Waals surface area contributed by atoms with Crippen molar-refractivity contribution < 1.29 is 13.7 Å². The van der Waals surface area contributed by atoms with E-state index in [-0.39, 0.29) is 6.67 Å². The summed E-state index contributed by atoms with van der Waals surface area (Å²) < 4.78 is 34.9. The second kappa shape index (κ2) is 14.5. The summed E-state index contributed by atoms with van der Waals surface area (Å²) >= 11 is 3.59. The van der Waals surface area contributed by atoms with Gasteiger partial charge < -0.3 is 29.7 Å². The molecule has 2 aliphatic heterocycles. The van der Waals surface area contributed by atoms with Crippen molar-refractivity contribution in [3.05, 3.63) is 59.7 Å². The molecule has 268 valence electrons. The first kappa shape index (κ1) is 35.3. The first-order valence-corrected chi connectivity index (χ1v) is 20.6. The number of methoxy groups -OCH3 is 1. The number of likely N-dealkylation sites (tertiary alicyclic amines) is 1. The Morgan fingerprint density at radius 1 is 0.980 bits per heavy atom. The lowest BCUT2D eigenvalue weighted by molar-refractivity contribution is 0.0764. The third-order valence-electron chi connectivity index (χ3n) is 10.2. The molecular weight excluding hydrogens is 734 g/mol. The number of benzene rings is 2. The summed E-state index contributed by atoms with van der Waals surface area (Å²) in [6, 6.07) is 7.87. The molecule has 0 saturated carbocycles. The highest BCUT2D eigenvalue weighted by Gasteiger charge is 2.38. The summed E-state index contributed by atoms with van der Waals surface area (Å²) in [6.45, 7) is 7.53. The van der Waals surface area contributed by atoms with Gasteiger partial charge in [0.05, 0.1) is 40.0 Å². The molecule has 2 N–H and O–H groups in total. The molecule has 1 spiro atoms. The van der Waals surface area contributed by atoms with Gasteiger partial charge in [-0.3, -0.25) is 14.6 Å². The first-order valence-electron chi connectivity index (χ1n) is 17.2. The van der Waals surface area contributed by atoms with E-state index in [1.165, 1.54) is 0 Å². The fraction of sp³-hybridized carbons (Fsp3) is 0.417. The van der Waals surface area contributed by atoms with Gasteiger partial charge in [-0.2, -0.15) is 10.1 Å². The van der Waals surface area contributed by atoms with Crippen LogP contribution in [0.25, 0.3) is 22.2 Å². The molecule has 5 heterocycles. The highest BCUT2D eigenvalue weighted by atomic mass is 79.9. The number of ether oxygens (including phenoxy) is 1. The SMILES string of the molecule is COc1cc(N2CCC3(CCN(CCF)CC3)CC2)c(-c2cnn(C)c2)cc1Nc1ncc(Br)c(Nc2ccc3nccnc3c2P(C)(C)=O)n1. The maximum atomic E-state index is 13.5. The van der Waals surface area contributed by atoms with Crippen LogP contribution in [0.15, 0.2) is 59.7 Å². The fourth-order valence-corrected chi connectivity index (χ4v) is 9.10. The lowest BCUT2D eigenvalue weighted by Gasteiger charge is -2.47. The van der Waals surface area contributed by atoms with Crippen LogP contribution in [0.5, 0.6) is 5.75 Å². The van der Waals surface area contributed by atoms with Crippen molar-refractivity contribution in [1.29, 1.82) is 0 Å².